The average molecular weight is 291 g/mol. The van der Waals surface area contributed by atoms with E-state index in [1.807, 2.05) is 18.5 Å². The van der Waals surface area contributed by atoms with Gasteiger partial charge in [-0.1, -0.05) is 25.5 Å². The lowest BCUT2D eigenvalue weighted by molar-refractivity contribution is -0.160. The topological polar surface area (TPSA) is 72.5 Å². The molecular weight excluding hydrogens is 270 g/mol. The minimum absolute atomic E-state index is 0.0565. The Kier molecular flexibility index (Phi) is 4.30. The second-order valence-electron chi connectivity index (χ2n) is 6.17. The van der Waals surface area contributed by atoms with Crippen molar-refractivity contribution < 1.29 is 19.2 Å². The summed E-state index contributed by atoms with van der Waals surface area (Å²) in [6.07, 6.45) is 6.50. The molecule has 0 saturated heterocycles. The number of hydrogen-bond acceptors (Lipinski definition) is 4. The Labute approximate surface area is 124 Å². The van der Waals surface area contributed by atoms with Gasteiger partial charge in [-0.05, 0) is 43.8 Å². The smallest absolute Gasteiger partial charge is 0.335 e. The van der Waals surface area contributed by atoms with Gasteiger partial charge in [-0.3, -0.25) is 9.59 Å². The quantitative estimate of drug-likeness (QED) is 0.636. The van der Waals surface area contributed by atoms with Gasteiger partial charge in [0.05, 0.1) is 5.92 Å². The molecule has 114 valence electrons. The lowest BCUT2D eigenvalue weighted by Crippen LogP contribution is -2.35. The van der Waals surface area contributed by atoms with Crippen LogP contribution in [0.3, 0.4) is 0 Å². The van der Waals surface area contributed by atoms with E-state index in [0.29, 0.717) is 6.41 Å². The fraction of sp³-hybridized carbons (Fsp3) is 0.562. The number of carbonyl (C=O) groups excluding carboxylic acids is 3. The van der Waals surface area contributed by atoms with Crippen molar-refractivity contribution in [2.45, 2.75) is 40.0 Å². The lowest BCUT2D eigenvalue weighted by atomic mass is 9.62. The van der Waals surface area contributed by atoms with E-state index in [4.69, 9.17) is 0 Å². The zero-order chi connectivity index (χ0) is 15.6. The molecule has 0 bridgehead atoms. The highest BCUT2D eigenvalue weighted by Crippen LogP contribution is 2.49. The average Bonchev–Trinajstić information content (AvgIpc) is 2.48. The minimum atomic E-state index is -0.438. The summed E-state index contributed by atoms with van der Waals surface area (Å²) < 4.78 is 0. The maximum Gasteiger partial charge on any atom is 0.335 e. The molecule has 0 spiro atoms. The van der Waals surface area contributed by atoms with Gasteiger partial charge in [0.1, 0.15) is 0 Å². The van der Waals surface area contributed by atoms with Gasteiger partial charge in [0.25, 0.3) is 0 Å². The van der Waals surface area contributed by atoms with Crippen LogP contribution in [0.1, 0.15) is 40.0 Å². The van der Waals surface area contributed by atoms with Crippen molar-refractivity contribution in [1.29, 1.82) is 0 Å². The molecule has 1 amide bonds. The summed E-state index contributed by atoms with van der Waals surface area (Å²) in [7, 11) is 0. The largest absolute Gasteiger partial charge is 0.341 e. The number of fused-ring (bicyclic) bond motifs is 1. The van der Waals surface area contributed by atoms with Crippen LogP contribution in [0.4, 0.5) is 0 Å². The zero-order valence-corrected chi connectivity index (χ0v) is 12.6. The molecule has 5 heteroatoms. The lowest BCUT2D eigenvalue weighted by Gasteiger charge is -2.42. The molecule has 2 aliphatic rings. The second-order valence-corrected chi connectivity index (χ2v) is 6.17. The predicted octanol–water partition coefficient (Wildman–Crippen LogP) is 2.09. The van der Waals surface area contributed by atoms with Crippen molar-refractivity contribution in [2.24, 2.45) is 17.3 Å². The fourth-order valence-electron chi connectivity index (χ4n) is 3.33. The van der Waals surface area contributed by atoms with Crippen molar-refractivity contribution in [1.82, 2.24) is 5.48 Å². The Bertz CT molecular complexity index is 534. The normalized spacial score (nSPS) is 29.7. The van der Waals surface area contributed by atoms with Crippen LogP contribution in [0.15, 0.2) is 23.3 Å². The predicted molar refractivity (Wildman–Crippen MR) is 76.8 cm³/mol. The fourth-order valence-corrected chi connectivity index (χ4v) is 3.33. The van der Waals surface area contributed by atoms with E-state index < -0.39 is 5.97 Å². The van der Waals surface area contributed by atoms with Gasteiger partial charge in [0, 0.05) is 5.41 Å². The standard InChI is InChI=1S/C16H21NO4/c1-10(15(20)21-17-9-18)12-4-6-16(3)7-5-14(19)11(2)13(16)8-12/h5,7,9-10,12H,4,6,8H2,1-3H3,(H,17,18)/t10-,12+,16-/m0/s1. The molecule has 0 aromatic heterocycles. The molecule has 0 heterocycles. The molecule has 21 heavy (non-hydrogen) atoms. The highest BCUT2D eigenvalue weighted by atomic mass is 16.7. The maximum absolute atomic E-state index is 11.9. The van der Waals surface area contributed by atoms with Crippen LogP contribution in [0.5, 0.6) is 0 Å². The number of allylic oxidation sites excluding steroid dienone is 4. The van der Waals surface area contributed by atoms with E-state index in [1.54, 1.807) is 13.0 Å². The molecule has 0 aromatic rings. The first kappa shape index (κ1) is 15.5. The number of hydrogen-bond donors (Lipinski definition) is 1. The summed E-state index contributed by atoms with van der Waals surface area (Å²) >= 11 is 0. The van der Waals surface area contributed by atoms with Gasteiger partial charge in [0.2, 0.25) is 6.41 Å². The Morgan fingerprint density at radius 1 is 1.57 bits per heavy atom. The molecule has 1 fully saturated rings. The van der Waals surface area contributed by atoms with Crippen LogP contribution in [-0.2, 0) is 19.2 Å². The van der Waals surface area contributed by atoms with Gasteiger partial charge in [-0.2, -0.15) is 5.48 Å². The summed E-state index contributed by atoms with van der Waals surface area (Å²) in [5.41, 5.74) is 3.81. The Balaban J connectivity index is 2.14. The Morgan fingerprint density at radius 2 is 2.29 bits per heavy atom. The van der Waals surface area contributed by atoms with Crippen molar-refractivity contribution >= 4 is 18.2 Å². The SMILES string of the molecule is CC1=C2C[C@H]([C@H](C)C(=O)ONC=O)CC[C@@]2(C)C=CC1=O. The van der Waals surface area contributed by atoms with E-state index in [0.717, 1.165) is 30.4 Å². The van der Waals surface area contributed by atoms with E-state index in [2.05, 4.69) is 11.8 Å². The van der Waals surface area contributed by atoms with Gasteiger partial charge >= 0.3 is 5.97 Å². The second kappa shape index (κ2) is 5.84. The third-order valence-electron chi connectivity index (χ3n) is 4.90. The first-order chi connectivity index (χ1) is 9.89. The van der Waals surface area contributed by atoms with E-state index >= 15 is 0 Å². The van der Waals surface area contributed by atoms with Crippen LogP contribution in [0, 0.1) is 17.3 Å². The van der Waals surface area contributed by atoms with Crippen LogP contribution in [-0.4, -0.2) is 18.2 Å². The number of ketones is 1. The zero-order valence-electron chi connectivity index (χ0n) is 12.6. The van der Waals surface area contributed by atoms with Crippen LogP contribution in [0.25, 0.3) is 0 Å². The Morgan fingerprint density at radius 3 is 2.95 bits per heavy atom. The Hall–Kier alpha value is -1.91. The highest BCUT2D eigenvalue weighted by Gasteiger charge is 2.40. The molecule has 0 aromatic carbocycles. The first-order valence-electron chi connectivity index (χ1n) is 7.22. The summed E-state index contributed by atoms with van der Waals surface area (Å²) in [5.74, 6) is -0.570. The van der Waals surface area contributed by atoms with Gasteiger partial charge in [-0.25, -0.2) is 4.79 Å². The van der Waals surface area contributed by atoms with Crippen molar-refractivity contribution in [3.05, 3.63) is 23.3 Å². The van der Waals surface area contributed by atoms with E-state index in [9.17, 15) is 14.4 Å². The summed E-state index contributed by atoms with van der Waals surface area (Å²) in [6, 6.07) is 0. The molecule has 2 rings (SSSR count). The molecule has 2 aliphatic carbocycles. The molecule has 5 nitrogen and oxygen atoms in total. The molecule has 1 N–H and O–H groups in total. The minimum Gasteiger partial charge on any atom is -0.341 e. The van der Waals surface area contributed by atoms with E-state index in [1.165, 1.54) is 0 Å². The summed E-state index contributed by atoms with van der Waals surface area (Å²) in [6.45, 7) is 5.80. The molecule has 1 saturated carbocycles. The molecular formula is C16H21NO4. The van der Waals surface area contributed by atoms with Gasteiger partial charge in [-0.15, -0.1) is 0 Å². The van der Waals surface area contributed by atoms with Crippen LogP contribution >= 0.6 is 0 Å². The molecule has 0 radical (unpaired) electrons. The number of rotatable bonds is 4. The van der Waals surface area contributed by atoms with Crippen molar-refractivity contribution in [3.8, 4) is 0 Å². The maximum atomic E-state index is 11.9. The summed E-state index contributed by atoms with van der Waals surface area (Å²) in [4.78, 5) is 38.5. The molecule has 3 atom stereocenters. The number of carbonyl (C=O) groups is 3. The first-order valence-corrected chi connectivity index (χ1v) is 7.22. The highest BCUT2D eigenvalue weighted by molar-refractivity contribution is 6.05. The summed E-state index contributed by atoms with van der Waals surface area (Å²) in [5, 5.41) is 0. The van der Waals surface area contributed by atoms with Gasteiger partial charge < -0.3 is 4.84 Å². The van der Waals surface area contributed by atoms with Gasteiger partial charge in [0.15, 0.2) is 5.78 Å². The van der Waals surface area contributed by atoms with Crippen molar-refractivity contribution in [3.63, 3.8) is 0 Å². The third kappa shape index (κ3) is 2.91. The van der Waals surface area contributed by atoms with Crippen LogP contribution in [0.2, 0.25) is 0 Å². The van der Waals surface area contributed by atoms with E-state index in [-0.39, 0.29) is 23.0 Å². The number of hydroxylamine groups is 1. The molecule has 0 unspecified atom stereocenters. The number of nitrogens with one attached hydrogen (secondary N) is 1. The third-order valence-corrected chi connectivity index (χ3v) is 4.90. The van der Waals surface area contributed by atoms with Crippen molar-refractivity contribution in [2.75, 3.05) is 0 Å². The molecule has 0 aliphatic heterocycles. The van der Waals surface area contributed by atoms with Crippen LogP contribution < -0.4 is 5.48 Å². The number of amides is 1. The monoisotopic (exact) mass is 291 g/mol.